The van der Waals surface area contributed by atoms with Crippen LogP contribution < -0.4 is 4.90 Å². The van der Waals surface area contributed by atoms with Gasteiger partial charge in [0.25, 0.3) is 0 Å². The Balaban J connectivity index is 1.69. The van der Waals surface area contributed by atoms with Crippen LogP contribution in [-0.2, 0) is 0 Å². The maximum Gasteiger partial charge on any atom is 0.335 e. The molecule has 0 spiro atoms. The summed E-state index contributed by atoms with van der Waals surface area (Å²) in [6.45, 7) is 10.8. The number of hydrogen-bond acceptors (Lipinski definition) is 5. The lowest BCUT2D eigenvalue weighted by Gasteiger charge is -2.42. The molecular formula is C18H23N3O2S. The molecule has 0 unspecified atom stereocenters. The zero-order valence-corrected chi connectivity index (χ0v) is 15.1. The molecule has 1 saturated heterocycles. The second-order valence-corrected chi connectivity index (χ2v) is 7.88. The van der Waals surface area contributed by atoms with Gasteiger partial charge in [0.2, 0.25) is 0 Å². The molecule has 2 heterocycles. The van der Waals surface area contributed by atoms with Gasteiger partial charge in [-0.2, -0.15) is 0 Å². The number of thiazole rings is 1. The van der Waals surface area contributed by atoms with Gasteiger partial charge in [0.15, 0.2) is 5.13 Å². The van der Waals surface area contributed by atoms with E-state index >= 15 is 0 Å². The second kappa shape index (κ2) is 6.53. The number of carboxylic acids is 1. The van der Waals surface area contributed by atoms with Gasteiger partial charge >= 0.3 is 5.97 Å². The summed E-state index contributed by atoms with van der Waals surface area (Å²) in [7, 11) is 0. The van der Waals surface area contributed by atoms with E-state index in [1.807, 2.05) is 17.5 Å². The highest BCUT2D eigenvalue weighted by atomic mass is 32.1. The zero-order valence-electron chi connectivity index (χ0n) is 14.3. The number of piperazine rings is 1. The highest BCUT2D eigenvalue weighted by Crippen LogP contribution is 2.29. The van der Waals surface area contributed by atoms with Crippen molar-refractivity contribution in [2.24, 2.45) is 0 Å². The summed E-state index contributed by atoms with van der Waals surface area (Å²) in [5, 5.41) is 12.1. The van der Waals surface area contributed by atoms with E-state index in [9.17, 15) is 4.79 Å². The molecule has 1 aliphatic rings. The number of carboxylic acid groups (broad SMARTS) is 1. The predicted molar refractivity (Wildman–Crippen MR) is 98.0 cm³/mol. The Morgan fingerprint density at radius 1 is 1.12 bits per heavy atom. The summed E-state index contributed by atoms with van der Waals surface area (Å²) in [5.74, 6) is -0.905. The third kappa shape index (κ3) is 3.60. The number of carbonyl (C=O) groups is 1. The minimum Gasteiger partial charge on any atom is -0.478 e. The van der Waals surface area contributed by atoms with Crippen LogP contribution in [0.3, 0.4) is 0 Å². The molecule has 1 aliphatic heterocycles. The smallest absolute Gasteiger partial charge is 0.335 e. The molecule has 0 saturated carbocycles. The summed E-state index contributed by atoms with van der Waals surface area (Å²) >= 11 is 1.65. The molecule has 24 heavy (non-hydrogen) atoms. The molecule has 0 bridgehead atoms. The molecule has 0 radical (unpaired) electrons. The van der Waals surface area contributed by atoms with Crippen LogP contribution in [0.1, 0.15) is 31.1 Å². The number of nitrogens with zero attached hydrogens (tertiary/aromatic N) is 3. The van der Waals surface area contributed by atoms with Gasteiger partial charge in [0.05, 0.1) is 11.3 Å². The Labute approximate surface area is 146 Å². The maximum atomic E-state index is 10.9. The fraction of sp³-hybridized carbons (Fsp3) is 0.444. The van der Waals surface area contributed by atoms with Gasteiger partial charge in [-0.15, -0.1) is 11.3 Å². The van der Waals surface area contributed by atoms with Crippen molar-refractivity contribution in [3.63, 3.8) is 0 Å². The SMILES string of the molecule is CC(C)(C)N1CCN(c2nc(-c3ccc(C(=O)O)cc3)cs2)CC1. The van der Waals surface area contributed by atoms with Gasteiger partial charge < -0.3 is 10.0 Å². The summed E-state index contributed by atoms with van der Waals surface area (Å²) in [6, 6.07) is 6.89. The molecule has 0 atom stereocenters. The van der Waals surface area contributed by atoms with Crippen LogP contribution >= 0.6 is 11.3 Å². The molecular weight excluding hydrogens is 322 g/mol. The van der Waals surface area contributed by atoms with Crippen LogP contribution in [0.5, 0.6) is 0 Å². The van der Waals surface area contributed by atoms with Gasteiger partial charge in [-0.3, -0.25) is 4.90 Å². The number of benzene rings is 1. The van der Waals surface area contributed by atoms with Crippen molar-refractivity contribution in [2.75, 3.05) is 31.1 Å². The maximum absolute atomic E-state index is 10.9. The van der Waals surface area contributed by atoms with Gasteiger partial charge in [-0.1, -0.05) is 12.1 Å². The molecule has 6 heteroatoms. The van der Waals surface area contributed by atoms with Crippen LogP contribution in [0, 0.1) is 0 Å². The van der Waals surface area contributed by atoms with Crippen LogP contribution in [-0.4, -0.2) is 52.7 Å². The van der Waals surface area contributed by atoms with E-state index in [4.69, 9.17) is 10.1 Å². The van der Waals surface area contributed by atoms with Crippen molar-refractivity contribution >= 4 is 22.4 Å². The number of rotatable bonds is 3. The van der Waals surface area contributed by atoms with Crippen LogP contribution in [0.25, 0.3) is 11.3 Å². The first-order valence-corrected chi connectivity index (χ1v) is 9.02. The Hall–Kier alpha value is -1.92. The normalized spacial score (nSPS) is 16.4. The topological polar surface area (TPSA) is 56.7 Å². The van der Waals surface area contributed by atoms with E-state index in [1.54, 1.807) is 23.5 Å². The lowest BCUT2D eigenvalue weighted by Crippen LogP contribution is -2.53. The van der Waals surface area contributed by atoms with Crippen molar-refractivity contribution in [1.29, 1.82) is 0 Å². The van der Waals surface area contributed by atoms with Gasteiger partial charge in [-0.05, 0) is 32.9 Å². The Morgan fingerprint density at radius 2 is 1.75 bits per heavy atom. The van der Waals surface area contributed by atoms with E-state index in [1.165, 1.54) is 0 Å². The highest BCUT2D eigenvalue weighted by Gasteiger charge is 2.26. The molecule has 1 fully saturated rings. The average molecular weight is 345 g/mol. The minimum absolute atomic E-state index is 0.214. The fourth-order valence-corrected chi connectivity index (χ4v) is 3.78. The molecule has 5 nitrogen and oxygen atoms in total. The summed E-state index contributed by atoms with van der Waals surface area (Å²) in [6.07, 6.45) is 0. The predicted octanol–water partition coefficient (Wildman–Crippen LogP) is 3.43. The quantitative estimate of drug-likeness (QED) is 0.924. The molecule has 1 N–H and O–H groups in total. The highest BCUT2D eigenvalue weighted by molar-refractivity contribution is 7.14. The third-order valence-electron chi connectivity index (χ3n) is 4.42. The first-order chi connectivity index (χ1) is 11.3. The van der Waals surface area contributed by atoms with Crippen molar-refractivity contribution < 1.29 is 9.90 Å². The Kier molecular flexibility index (Phi) is 4.60. The van der Waals surface area contributed by atoms with Crippen molar-refractivity contribution in [1.82, 2.24) is 9.88 Å². The average Bonchev–Trinajstić information content (AvgIpc) is 3.04. The lowest BCUT2D eigenvalue weighted by atomic mass is 10.1. The van der Waals surface area contributed by atoms with Crippen molar-refractivity contribution in [3.8, 4) is 11.3 Å². The molecule has 3 rings (SSSR count). The summed E-state index contributed by atoms with van der Waals surface area (Å²) in [4.78, 5) is 20.5. The monoisotopic (exact) mass is 345 g/mol. The van der Waals surface area contributed by atoms with E-state index in [0.717, 1.165) is 42.6 Å². The van der Waals surface area contributed by atoms with Gasteiger partial charge in [-0.25, -0.2) is 9.78 Å². The van der Waals surface area contributed by atoms with Crippen molar-refractivity contribution in [2.45, 2.75) is 26.3 Å². The lowest BCUT2D eigenvalue weighted by molar-refractivity contribution is 0.0697. The van der Waals surface area contributed by atoms with Gasteiger partial charge in [0.1, 0.15) is 0 Å². The first-order valence-electron chi connectivity index (χ1n) is 8.14. The fourth-order valence-electron chi connectivity index (χ4n) is 2.89. The van der Waals surface area contributed by atoms with E-state index in [2.05, 4.69) is 30.6 Å². The summed E-state index contributed by atoms with van der Waals surface area (Å²) in [5.41, 5.74) is 2.37. The standard InChI is InChI=1S/C18H23N3O2S/c1-18(2,3)21-10-8-20(9-11-21)17-19-15(12-24-17)13-4-6-14(7-5-13)16(22)23/h4-7,12H,8-11H2,1-3H3,(H,22,23). The third-order valence-corrected chi connectivity index (χ3v) is 5.32. The van der Waals surface area contributed by atoms with Gasteiger partial charge in [0, 0.05) is 42.7 Å². The van der Waals surface area contributed by atoms with Crippen LogP contribution in [0.4, 0.5) is 5.13 Å². The first kappa shape index (κ1) is 16.9. The molecule has 2 aromatic rings. The number of aromatic carboxylic acids is 1. The van der Waals surface area contributed by atoms with E-state index in [0.29, 0.717) is 5.56 Å². The van der Waals surface area contributed by atoms with Crippen LogP contribution in [0.15, 0.2) is 29.6 Å². The van der Waals surface area contributed by atoms with Crippen LogP contribution in [0.2, 0.25) is 0 Å². The molecule has 0 amide bonds. The number of aromatic nitrogens is 1. The zero-order chi connectivity index (χ0) is 17.3. The molecule has 1 aromatic carbocycles. The van der Waals surface area contributed by atoms with E-state index < -0.39 is 5.97 Å². The number of anilines is 1. The summed E-state index contributed by atoms with van der Waals surface area (Å²) < 4.78 is 0. The van der Waals surface area contributed by atoms with E-state index in [-0.39, 0.29) is 5.54 Å². The molecule has 128 valence electrons. The second-order valence-electron chi connectivity index (χ2n) is 7.04. The largest absolute Gasteiger partial charge is 0.478 e. The Morgan fingerprint density at radius 3 is 2.29 bits per heavy atom. The Bertz CT molecular complexity index is 711. The van der Waals surface area contributed by atoms with Crippen molar-refractivity contribution in [3.05, 3.63) is 35.2 Å². The molecule has 0 aliphatic carbocycles. The minimum atomic E-state index is -0.905. The number of hydrogen-bond donors (Lipinski definition) is 1. The molecule has 1 aromatic heterocycles.